The zero-order valence-corrected chi connectivity index (χ0v) is 9.01. The lowest BCUT2D eigenvalue weighted by molar-refractivity contribution is 1.23. The maximum Gasteiger partial charge on any atom is 0.0708 e. The lowest BCUT2D eigenvalue weighted by atomic mass is 10.1. The van der Waals surface area contributed by atoms with E-state index >= 15 is 0 Å². The summed E-state index contributed by atoms with van der Waals surface area (Å²) in [6.45, 7) is 2.09. The van der Waals surface area contributed by atoms with Gasteiger partial charge in [0.15, 0.2) is 0 Å². The summed E-state index contributed by atoms with van der Waals surface area (Å²) in [5.74, 6) is 0. The first-order chi connectivity index (χ1) is 6.29. The van der Waals surface area contributed by atoms with Crippen LogP contribution in [0.4, 0.5) is 0 Å². The largest absolute Gasteiger partial charge is 0.252 e. The highest BCUT2D eigenvalue weighted by atomic mass is 79.9. The zero-order valence-electron chi connectivity index (χ0n) is 7.42. The number of rotatable bonds is 1. The first kappa shape index (κ1) is 8.70. The van der Waals surface area contributed by atoms with E-state index in [1.807, 2.05) is 6.07 Å². The Kier molecular flexibility index (Phi) is 2.32. The van der Waals surface area contributed by atoms with E-state index in [1.54, 1.807) is 0 Å². The van der Waals surface area contributed by atoms with Gasteiger partial charge in [0.05, 0.1) is 11.2 Å². The molecule has 1 nitrogen and oxygen atoms in total. The topological polar surface area (TPSA) is 12.9 Å². The number of alkyl halides is 1. The quantitative estimate of drug-likeness (QED) is 0.691. The van der Waals surface area contributed by atoms with Gasteiger partial charge >= 0.3 is 0 Å². The van der Waals surface area contributed by atoms with Crippen molar-refractivity contribution in [1.82, 2.24) is 4.98 Å². The molecule has 0 amide bonds. The molecule has 0 aliphatic rings. The molecule has 0 aliphatic heterocycles. The highest BCUT2D eigenvalue weighted by Gasteiger charge is 1.96. The number of hydrogen-bond donors (Lipinski definition) is 0. The van der Waals surface area contributed by atoms with Gasteiger partial charge < -0.3 is 0 Å². The van der Waals surface area contributed by atoms with E-state index in [4.69, 9.17) is 0 Å². The first-order valence-electron chi connectivity index (χ1n) is 4.22. The minimum atomic E-state index is 0.816. The van der Waals surface area contributed by atoms with Crippen molar-refractivity contribution in [2.24, 2.45) is 0 Å². The highest BCUT2D eigenvalue weighted by molar-refractivity contribution is 9.08. The maximum absolute atomic E-state index is 4.51. The molecule has 2 heteroatoms. The summed E-state index contributed by atoms with van der Waals surface area (Å²) < 4.78 is 0. The molecule has 0 unspecified atom stereocenters. The van der Waals surface area contributed by atoms with E-state index in [0.717, 1.165) is 16.5 Å². The summed E-state index contributed by atoms with van der Waals surface area (Å²) in [6, 6.07) is 10.5. The van der Waals surface area contributed by atoms with E-state index in [0.29, 0.717) is 0 Å². The van der Waals surface area contributed by atoms with Crippen molar-refractivity contribution in [2.75, 3.05) is 0 Å². The summed E-state index contributed by atoms with van der Waals surface area (Å²) in [5.41, 5.74) is 3.42. The Morgan fingerprint density at radius 2 is 2.00 bits per heavy atom. The van der Waals surface area contributed by atoms with Crippen LogP contribution in [0.1, 0.15) is 11.3 Å². The van der Waals surface area contributed by atoms with Crippen LogP contribution < -0.4 is 0 Å². The zero-order chi connectivity index (χ0) is 9.26. The van der Waals surface area contributed by atoms with Crippen molar-refractivity contribution in [3.63, 3.8) is 0 Å². The van der Waals surface area contributed by atoms with Crippen LogP contribution in [0.25, 0.3) is 10.9 Å². The van der Waals surface area contributed by atoms with Gasteiger partial charge in [0, 0.05) is 10.7 Å². The van der Waals surface area contributed by atoms with Crippen molar-refractivity contribution in [3.05, 3.63) is 41.6 Å². The predicted octanol–water partition coefficient (Wildman–Crippen LogP) is 3.44. The van der Waals surface area contributed by atoms with Crippen LogP contribution in [0.5, 0.6) is 0 Å². The molecule has 66 valence electrons. The van der Waals surface area contributed by atoms with E-state index in [9.17, 15) is 0 Å². The summed E-state index contributed by atoms with van der Waals surface area (Å²) in [5, 5.41) is 2.02. The SMILES string of the molecule is Cc1ccc2ccc(CBr)nc2c1. The molecule has 0 aliphatic carbocycles. The van der Waals surface area contributed by atoms with Crippen LogP contribution >= 0.6 is 15.9 Å². The molecule has 0 bridgehead atoms. The molecular formula is C11H10BrN. The molecule has 0 atom stereocenters. The summed E-state index contributed by atoms with van der Waals surface area (Å²) in [4.78, 5) is 4.51. The van der Waals surface area contributed by atoms with Crippen LogP contribution in [-0.4, -0.2) is 4.98 Å². The second kappa shape index (κ2) is 3.46. The molecule has 1 heterocycles. The third-order valence-corrected chi connectivity index (χ3v) is 2.62. The molecule has 0 fully saturated rings. The molecular weight excluding hydrogens is 226 g/mol. The number of nitrogens with zero attached hydrogens (tertiary/aromatic N) is 1. The standard InChI is InChI=1S/C11H10BrN/c1-8-2-3-9-4-5-10(7-12)13-11(9)6-8/h2-6H,7H2,1H3. The third kappa shape index (κ3) is 1.73. The smallest absolute Gasteiger partial charge is 0.0708 e. The lowest BCUT2D eigenvalue weighted by Gasteiger charge is -2.00. The first-order valence-corrected chi connectivity index (χ1v) is 5.34. The molecule has 2 aromatic rings. The van der Waals surface area contributed by atoms with Gasteiger partial charge in [-0.1, -0.05) is 34.1 Å². The number of fused-ring (bicyclic) bond motifs is 1. The average Bonchev–Trinajstić information content (AvgIpc) is 2.16. The molecule has 0 radical (unpaired) electrons. The predicted molar refractivity (Wildman–Crippen MR) is 59.1 cm³/mol. The number of benzene rings is 1. The molecule has 1 aromatic heterocycles. The molecule has 0 N–H and O–H groups in total. The van der Waals surface area contributed by atoms with E-state index in [2.05, 4.69) is 52.1 Å². The monoisotopic (exact) mass is 235 g/mol. The van der Waals surface area contributed by atoms with Gasteiger partial charge in [0.2, 0.25) is 0 Å². The van der Waals surface area contributed by atoms with Crippen molar-refractivity contribution in [2.45, 2.75) is 12.3 Å². The fraction of sp³-hybridized carbons (Fsp3) is 0.182. The van der Waals surface area contributed by atoms with Gasteiger partial charge in [0.25, 0.3) is 0 Å². The molecule has 2 rings (SSSR count). The average molecular weight is 236 g/mol. The summed E-state index contributed by atoms with van der Waals surface area (Å²) >= 11 is 3.40. The molecule has 0 spiro atoms. The fourth-order valence-electron chi connectivity index (χ4n) is 1.34. The Labute approximate surface area is 85.9 Å². The second-order valence-electron chi connectivity index (χ2n) is 3.13. The Bertz CT molecular complexity index is 437. The van der Waals surface area contributed by atoms with Crippen molar-refractivity contribution >= 4 is 26.8 Å². The Morgan fingerprint density at radius 3 is 2.77 bits per heavy atom. The second-order valence-corrected chi connectivity index (χ2v) is 3.69. The number of pyridine rings is 1. The van der Waals surface area contributed by atoms with Gasteiger partial charge in [-0.2, -0.15) is 0 Å². The van der Waals surface area contributed by atoms with E-state index < -0.39 is 0 Å². The van der Waals surface area contributed by atoms with Crippen LogP contribution in [0.2, 0.25) is 0 Å². The number of aromatic nitrogens is 1. The highest BCUT2D eigenvalue weighted by Crippen LogP contribution is 2.15. The normalized spacial score (nSPS) is 10.6. The van der Waals surface area contributed by atoms with Crippen LogP contribution in [0.3, 0.4) is 0 Å². The third-order valence-electron chi connectivity index (χ3n) is 2.04. The number of halogens is 1. The van der Waals surface area contributed by atoms with Crippen molar-refractivity contribution in [1.29, 1.82) is 0 Å². The van der Waals surface area contributed by atoms with Gasteiger partial charge in [-0.05, 0) is 24.6 Å². The number of hydrogen-bond acceptors (Lipinski definition) is 1. The minimum Gasteiger partial charge on any atom is -0.252 e. The maximum atomic E-state index is 4.51. The lowest BCUT2D eigenvalue weighted by Crippen LogP contribution is -1.86. The van der Waals surface area contributed by atoms with Crippen molar-refractivity contribution < 1.29 is 0 Å². The number of aryl methyl sites for hydroxylation is 1. The van der Waals surface area contributed by atoms with Crippen molar-refractivity contribution in [3.8, 4) is 0 Å². The van der Waals surface area contributed by atoms with Gasteiger partial charge in [0.1, 0.15) is 0 Å². The Balaban J connectivity index is 2.68. The van der Waals surface area contributed by atoms with Gasteiger partial charge in [-0.25, -0.2) is 0 Å². The summed E-state index contributed by atoms with van der Waals surface area (Å²) in [6.07, 6.45) is 0. The molecule has 0 saturated heterocycles. The summed E-state index contributed by atoms with van der Waals surface area (Å²) in [7, 11) is 0. The van der Waals surface area contributed by atoms with Crippen LogP contribution in [0, 0.1) is 6.92 Å². The minimum absolute atomic E-state index is 0.816. The molecule has 1 aromatic carbocycles. The van der Waals surface area contributed by atoms with Crippen LogP contribution in [0.15, 0.2) is 30.3 Å². The fourth-order valence-corrected chi connectivity index (χ4v) is 1.66. The Morgan fingerprint density at radius 1 is 1.23 bits per heavy atom. The van der Waals surface area contributed by atoms with Gasteiger partial charge in [-0.15, -0.1) is 0 Å². The van der Waals surface area contributed by atoms with E-state index in [-0.39, 0.29) is 0 Å². The Hall–Kier alpha value is -0.890. The van der Waals surface area contributed by atoms with E-state index in [1.165, 1.54) is 10.9 Å². The van der Waals surface area contributed by atoms with Crippen LogP contribution in [-0.2, 0) is 5.33 Å². The molecule has 13 heavy (non-hydrogen) atoms. The molecule has 0 saturated carbocycles. The van der Waals surface area contributed by atoms with Gasteiger partial charge in [-0.3, -0.25) is 4.98 Å².